The SMILES string of the molecule is CC(C)(C)Oc1nn(-c2ccccc2)c(=O)s1. The van der Waals surface area contributed by atoms with Gasteiger partial charge >= 0.3 is 4.87 Å². The van der Waals surface area contributed by atoms with E-state index in [4.69, 9.17) is 4.74 Å². The first-order valence-corrected chi connectivity index (χ1v) is 6.12. The molecule has 17 heavy (non-hydrogen) atoms. The molecular formula is C12H14N2O2S. The maximum Gasteiger partial charge on any atom is 0.333 e. The molecule has 0 N–H and O–H groups in total. The third-order valence-corrected chi connectivity index (χ3v) is 2.61. The van der Waals surface area contributed by atoms with Gasteiger partial charge in [-0.3, -0.25) is 4.79 Å². The Morgan fingerprint density at radius 2 is 1.88 bits per heavy atom. The summed E-state index contributed by atoms with van der Waals surface area (Å²) in [5.74, 6) is 0. The first kappa shape index (κ1) is 11.9. The van der Waals surface area contributed by atoms with E-state index < -0.39 is 0 Å². The van der Waals surface area contributed by atoms with Gasteiger partial charge in [-0.1, -0.05) is 18.2 Å². The van der Waals surface area contributed by atoms with Crippen molar-refractivity contribution in [3.8, 4) is 10.9 Å². The predicted octanol–water partition coefficient (Wildman–Crippen LogP) is 2.47. The van der Waals surface area contributed by atoms with Gasteiger partial charge in [0.25, 0.3) is 5.19 Å². The molecule has 0 aliphatic carbocycles. The third kappa shape index (κ3) is 2.94. The standard InChI is InChI=1S/C12H14N2O2S/c1-12(2,3)16-10-13-14(11(15)17-10)9-7-5-4-6-8-9/h4-8H,1-3H3. The molecule has 1 aromatic carbocycles. The molecule has 0 saturated heterocycles. The number of hydrogen-bond donors (Lipinski definition) is 0. The Balaban J connectivity index is 2.36. The zero-order valence-corrected chi connectivity index (χ0v) is 10.8. The largest absolute Gasteiger partial charge is 0.463 e. The molecule has 0 fully saturated rings. The highest BCUT2D eigenvalue weighted by molar-refractivity contribution is 7.10. The topological polar surface area (TPSA) is 44.1 Å². The van der Waals surface area contributed by atoms with Crippen molar-refractivity contribution in [3.63, 3.8) is 0 Å². The van der Waals surface area contributed by atoms with Crippen molar-refractivity contribution in [3.05, 3.63) is 40.0 Å². The molecule has 0 aliphatic heterocycles. The molecule has 4 nitrogen and oxygen atoms in total. The number of aromatic nitrogens is 2. The summed E-state index contributed by atoms with van der Waals surface area (Å²) in [4.78, 5) is 11.6. The van der Waals surface area contributed by atoms with Crippen LogP contribution < -0.4 is 9.61 Å². The van der Waals surface area contributed by atoms with E-state index in [1.807, 2.05) is 51.1 Å². The average Bonchev–Trinajstić information content (AvgIpc) is 2.58. The Hall–Kier alpha value is -1.62. The Kier molecular flexibility index (Phi) is 3.02. The van der Waals surface area contributed by atoms with E-state index in [9.17, 15) is 4.79 Å². The second-order valence-electron chi connectivity index (χ2n) is 4.60. The summed E-state index contributed by atoms with van der Waals surface area (Å²) in [7, 11) is 0. The summed E-state index contributed by atoms with van der Waals surface area (Å²) in [6.45, 7) is 5.77. The van der Waals surface area contributed by atoms with Crippen molar-refractivity contribution < 1.29 is 4.74 Å². The molecule has 5 heteroatoms. The highest BCUT2D eigenvalue weighted by Crippen LogP contribution is 2.18. The van der Waals surface area contributed by atoms with Crippen molar-refractivity contribution in [2.45, 2.75) is 26.4 Å². The van der Waals surface area contributed by atoms with E-state index in [1.165, 1.54) is 4.68 Å². The monoisotopic (exact) mass is 250 g/mol. The van der Waals surface area contributed by atoms with E-state index in [0.717, 1.165) is 17.0 Å². The molecule has 0 radical (unpaired) electrons. The van der Waals surface area contributed by atoms with Crippen LogP contribution in [-0.2, 0) is 0 Å². The number of para-hydroxylation sites is 1. The van der Waals surface area contributed by atoms with Gasteiger partial charge < -0.3 is 4.74 Å². The molecule has 0 unspecified atom stereocenters. The lowest BCUT2D eigenvalue weighted by Crippen LogP contribution is -2.23. The molecule has 90 valence electrons. The Morgan fingerprint density at radius 3 is 2.47 bits per heavy atom. The van der Waals surface area contributed by atoms with Crippen molar-refractivity contribution in [1.29, 1.82) is 0 Å². The Morgan fingerprint density at radius 1 is 1.24 bits per heavy atom. The number of rotatable bonds is 2. The fourth-order valence-electron chi connectivity index (χ4n) is 1.30. The van der Waals surface area contributed by atoms with Crippen molar-refractivity contribution in [2.24, 2.45) is 0 Å². The van der Waals surface area contributed by atoms with E-state index in [1.54, 1.807) is 0 Å². The molecule has 2 aromatic rings. The maximum absolute atomic E-state index is 11.8. The summed E-state index contributed by atoms with van der Waals surface area (Å²) in [5.41, 5.74) is 0.399. The summed E-state index contributed by atoms with van der Waals surface area (Å²) >= 11 is 1.01. The summed E-state index contributed by atoms with van der Waals surface area (Å²) in [6.07, 6.45) is 0. The van der Waals surface area contributed by atoms with Crippen LogP contribution in [0.4, 0.5) is 0 Å². The molecule has 0 amide bonds. The molecule has 1 heterocycles. The van der Waals surface area contributed by atoms with E-state index >= 15 is 0 Å². The van der Waals surface area contributed by atoms with E-state index in [0.29, 0.717) is 5.19 Å². The van der Waals surface area contributed by atoms with E-state index in [-0.39, 0.29) is 10.5 Å². The number of nitrogens with zero attached hydrogens (tertiary/aromatic N) is 2. The molecule has 0 atom stereocenters. The zero-order valence-electron chi connectivity index (χ0n) is 10.0. The summed E-state index contributed by atoms with van der Waals surface area (Å²) in [5, 5.41) is 4.56. The van der Waals surface area contributed by atoms with Gasteiger partial charge in [-0.2, -0.15) is 4.68 Å². The van der Waals surface area contributed by atoms with Crippen LogP contribution in [0.5, 0.6) is 5.19 Å². The molecule has 2 rings (SSSR count). The predicted molar refractivity (Wildman–Crippen MR) is 68.1 cm³/mol. The zero-order chi connectivity index (χ0) is 12.5. The minimum atomic E-state index is -0.348. The lowest BCUT2D eigenvalue weighted by molar-refractivity contribution is 0.128. The highest BCUT2D eigenvalue weighted by Gasteiger charge is 2.16. The quantitative estimate of drug-likeness (QED) is 0.822. The van der Waals surface area contributed by atoms with Gasteiger partial charge in [0, 0.05) is 0 Å². The smallest absolute Gasteiger partial charge is 0.333 e. The summed E-state index contributed by atoms with van der Waals surface area (Å²) < 4.78 is 6.92. The number of ether oxygens (including phenoxy) is 1. The van der Waals surface area contributed by atoms with Gasteiger partial charge in [0.2, 0.25) is 0 Å². The van der Waals surface area contributed by atoms with Crippen LogP contribution in [0.3, 0.4) is 0 Å². The number of benzene rings is 1. The average molecular weight is 250 g/mol. The van der Waals surface area contributed by atoms with Gasteiger partial charge in [0.1, 0.15) is 5.60 Å². The van der Waals surface area contributed by atoms with Crippen LogP contribution >= 0.6 is 11.3 Å². The van der Waals surface area contributed by atoms with Gasteiger partial charge in [0.05, 0.1) is 5.69 Å². The molecule has 0 aliphatic rings. The van der Waals surface area contributed by atoms with Crippen LogP contribution in [0.1, 0.15) is 20.8 Å². The van der Waals surface area contributed by atoms with Crippen LogP contribution in [0, 0.1) is 0 Å². The molecule has 0 spiro atoms. The fourth-order valence-corrected chi connectivity index (χ4v) is 2.09. The minimum Gasteiger partial charge on any atom is -0.463 e. The molecule has 0 bridgehead atoms. The van der Waals surface area contributed by atoms with Crippen molar-refractivity contribution in [2.75, 3.05) is 0 Å². The maximum atomic E-state index is 11.8. The van der Waals surface area contributed by atoms with Gasteiger partial charge in [-0.05, 0) is 44.2 Å². The second-order valence-corrected chi connectivity index (χ2v) is 5.50. The number of hydrogen-bond acceptors (Lipinski definition) is 4. The van der Waals surface area contributed by atoms with Gasteiger partial charge in [0.15, 0.2) is 0 Å². The molecular weight excluding hydrogens is 236 g/mol. The van der Waals surface area contributed by atoms with Crippen LogP contribution in [-0.4, -0.2) is 15.4 Å². The van der Waals surface area contributed by atoms with Crippen LogP contribution in [0.2, 0.25) is 0 Å². The van der Waals surface area contributed by atoms with Gasteiger partial charge in [-0.15, -0.1) is 5.10 Å². The first-order valence-electron chi connectivity index (χ1n) is 5.30. The van der Waals surface area contributed by atoms with Gasteiger partial charge in [-0.25, -0.2) is 0 Å². The Labute approximate surface area is 103 Å². The van der Waals surface area contributed by atoms with Crippen LogP contribution in [0.25, 0.3) is 5.69 Å². The van der Waals surface area contributed by atoms with Crippen LogP contribution in [0.15, 0.2) is 35.1 Å². The molecule has 0 saturated carbocycles. The lowest BCUT2D eigenvalue weighted by atomic mass is 10.2. The highest BCUT2D eigenvalue weighted by atomic mass is 32.1. The summed E-state index contributed by atoms with van der Waals surface area (Å²) in [6, 6.07) is 9.30. The molecule has 1 aromatic heterocycles. The minimum absolute atomic E-state index is 0.143. The normalized spacial score (nSPS) is 11.5. The Bertz CT molecular complexity index is 552. The van der Waals surface area contributed by atoms with E-state index in [2.05, 4.69) is 5.10 Å². The third-order valence-electron chi connectivity index (χ3n) is 1.92. The fraction of sp³-hybridized carbons (Fsp3) is 0.333. The van der Waals surface area contributed by atoms with Crippen molar-refractivity contribution in [1.82, 2.24) is 9.78 Å². The van der Waals surface area contributed by atoms with Crippen molar-refractivity contribution >= 4 is 11.3 Å². The lowest BCUT2D eigenvalue weighted by Gasteiger charge is -2.17. The second kappa shape index (κ2) is 4.33. The first-order chi connectivity index (χ1) is 7.96.